The highest BCUT2D eigenvalue weighted by atomic mass is 16.5. The number of ether oxygens (including phenoxy) is 1. The summed E-state index contributed by atoms with van der Waals surface area (Å²) in [6.07, 6.45) is 43.5. The highest BCUT2D eigenvalue weighted by molar-refractivity contribution is 5.69. The summed E-state index contributed by atoms with van der Waals surface area (Å²) in [5.74, 6) is 0.789. The average molecular weight is 708 g/mol. The minimum atomic E-state index is -0.686. The molecule has 0 heterocycles. The topological polar surface area (TPSA) is 70.0 Å². The Hall–Kier alpha value is -0.650. The lowest BCUT2D eigenvalue weighted by Gasteiger charge is -2.24. The third-order valence-corrected chi connectivity index (χ3v) is 10.4. The van der Waals surface area contributed by atoms with E-state index in [0.717, 1.165) is 57.4 Å². The lowest BCUT2D eigenvalue weighted by molar-refractivity contribution is -0.143. The molecule has 0 amide bonds. The molecule has 0 bridgehead atoms. The van der Waals surface area contributed by atoms with Crippen molar-refractivity contribution in [2.24, 2.45) is 5.92 Å². The highest BCUT2D eigenvalue weighted by Crippen LogP contribution is 2.24. The van der Waals surface area contributed by atoms with Gasteiger partial charge in [0.15, 0.2) is 0 Å². The molecule has 2 N–H and O–H groups in total. The van der Waals surface area contributed by atoms with Gasteiger partial charge in [0.25, 0.3) is 0 Å². The zero-order chi connectivity index (χ0) is 36.6. The van der Waals surface area contributed by atoms with E-state index < -0.39 is 6.10 Å². The Kier molecular flexibility index (Phi) is 40.6. The van der Waals surface area contributed by atoms with E-state index in [1.807, 2.05) is 0 Å². The fourth-order valence-electron chi connectivity index (χ4n) is 7.04. The van der Waals surface area contributed by atoms with Crippen LogP contribution in [0.4, 0.5) is 0 Å². The predicted molar refractivity (Wildman–Crippen MR) is 217 cm³/mol. The summed E-state index contributed by atoms with van der Waals surface area (Å²) < 4.78 is 5.42. The maximum absolute atomic E-state index is 12.0. The lowest BCUT2D eigenvalue weighted by atomic mass is 9.89. The number of rotatable bonds is 42. The monoisotopic (exact) mass is 708 g/mol. The van der Waals surface area contributed by atoms with Crippen LogP contribution >= 0.6 is 0 Å². The Morgan fingerprint density at radius 3 is 1.60 bits per heavy atom. The van der Waals surface area contributed by atoms with Gasteiger partial charge in [0.1, 0.15) is 0 Å². The van der Waals surface area contributed by atoms with Gasteiger partial charge in [-0.2, -0.15) is 0 Å². The first-order valence-corrected chi connectivity index (χ1v) is 22.4. The van der Waals surface area contributed by atoms with Crippen LogP contribution in [0.3, 0.4) is 0 Å². The zero-order valence-electron chi connectivity index (χ0n) is 34.1. The summed E-state index contributed by atoms with van der Waals surface area (Å²) in [5, 5.41) is 19.5. The lowest BCUT2D eigenvalue weighted by Crippen LogP contribution is -2.33. The summed E-state index contributed by atoms with van der Waals surface area (Å²) in [7, 11) is 0. The molecule has 0 rings (SSSR count). The highest BCUT2D eigenvalue weighted by Gasteiger charge is 2.12. The molecule has 0 saturated carbocycles. The van der Waals surface area contributed by atoms with Gasteiger partial charge >= 0.3 is 5.97 Å². The summed E-state index contributed by atoms with van der Waals surface area (Å²) in [6.45, 7) is 10.9. The maximum Gasteiger partial charge on any atom is 0.305 e. The van der Waals surface area contributed by atoms with Crippen LogP contribution in [-0.2, 0) is 9.53 Å². The first-order chi connectivity index (χ1) is 24.6. The molecule has 1 atom stereocenters. The Bertz CT molecular complexity index is 643. The van der Waals surface area contributed by atoms with Crippen molar-refractivity contribution in [2.75, 3.05) is 26.3 Å². The van der Waals surface area contributed by atoms with E-state index in [1.54, 1.807) is 0 Å². The van der Waals surface area contributed by atoms with Gasteiger partial charge < -0.3 is 14.9 Å². The normalized spacial score (nSPS) is 12.4. The second-order valence-corrected chi connectivity index (χ2v) is 15.5. The molecule has 5 heteroatoms. The van der Waals surface area contributed by atoms with E-state index in [1.165, 1.54) is 161 Å². The van der Waals surface area contributed by atoms with E-state index in [-0.39, 0.29) is 12.6 Å². The van der Waals surface area contributed by atoms with Gasteiger partial charge in [-0.25, -0.2) is 0 Å². The molecule has 0 aromatic heterocycles. The van der Waals surface area contributed by atoms with E-state index in [0.29, 0.717) is 19.6 Å². The van der Waals surface area contributed by atoms with Gasteiger partial charge in [-0.15, -0.1) is 0 Å². The minimum absolute atomic E-state index is 0.0379. The molecule has 0 aromatic rings. The molecule has 1 unspecified atom stereocenters. The van der Waals surface area contributed by atoms with E-state index in [4.69, 9.17) is 4.74 Å². The van der Waals surface area contributed by atoms with Gasteiger partial charge in [0, 0.05) is 19.5 Å². The number of carbonyl (C=O) groups is 1. The Balaban J connectivity index is 4.04. The van der Waals surface area contributed by atoms with E-state index in [2.05, 4.69) is 38.6 Å². The van der Waals surface area contributed by atoms with Gasteiger partial charge in [0.2, 0.25) is 0 Å². The quantitative estimate of drug-likeness (QED) is 0.0488. The van der Waals surface area contributed by atoms with Crippen molar-refractivity contribution in [3.05, 3.63) is 13.0 Å². The molecule has 298 valence electrons. The fourth-order valence-corrected chi connectivity index (χ4v) is 7.04. The summed E-state index contributed by atoms with van der Waals surface area (Å²) in [6, 6.07) is 0. The van der Waals surface area contributed by atoms with Crippen molar-refractivity contribution in [1.29, 1.82) is 0 Å². The number of hydrogen-bond donors (Lipinski definition) is 2. The zero-order valence-corrected chi connectivity index (χ0v) is 34.1. The largest absolute Gasteiger partial charge is 0.466 e. The van der Waals surface area contributed by atoms with Crippen LogP contribution in [0.25, 0.3) is 0 Å². The molecule has 0 aromatic carbocycles. The number of hydrogen-bond acceptors (Lipinski definition) is 5. The van der Waals surface area contributed by atoms with Crippen LogP contribution in [0.15, 0.2) is 0 Å². The molecule has 0 aliphatic carbocycles. The van der Waals surface area contributed by atoms with Crippen molar-refractivity contribution >= 4 is 5.97 Å². The second kappa shape index (κ2) is 41.1. The fraction of sp³-hybridized carbons (Fsp3) is 0.933. The number of aliphatic hydroxyl groups excluding tert-OH is 2. The van der Waals surface area contributed by atoms with Crippen LogP contribution in [-0.4, -0.2) is 53.5 Å². The molecule has 0 fully saturated rings. The van der Waals surface area contributed by atoms with Gasteiger partial charge in [0.05, 0.1) is 19.3 Å². The molecule has 50 heavy (non-hydrogen) atoms. The van der Waals surface area contributed by atoms with Gasteiger partial charge in [-0.3, -0.25) is 9.69 Å². The number of unbranched alkanes of at least 4 members (excludes halogenated alkanes) is 25. The molecule has 2 radical (unpaired) electrons. The number of esters is 1. The first-order valence-electron chi connectivity index (χ1n) is 22.4. The summed E-state index contributed by atoms with van der Waals surface area (Å²) in [5.41, 5.74) is 0. The second-order valence-electron chi connectivity index (χ2n) is 15.5. The molecule has 0 saturated heterocycles. The minimum Gasteiger partial charge on any atom is -0.466 e. The smallest absolute Gasteiger partial charge is 0.305 e. The average Bonchev–Trinajstić information content (AvgIpc) is 3.12. The molecule has 0 aliphatic heterocycles. The van der Waals surface area contributed by atoms with Crippen molar-refractivity contribution in [3.8, 4) is 0 Å². The summed E-state index contributed by atoms with van der Waals surface area (Å²) in [4.78, 5) is 14.2. The maximum atomic E-state index is 12.0. The van der Waals surface area contributed by atoms with Crippen molar-refractivity contribution in [3.63, 3.8) is 0 Å². The Morgan fingerprint density at radius 2 is 1.04 bits per heavy atom. The van der Waals surface area contributed by atoms with E-state index in [9.17, 15) is 15.0 Å². The third kappa shape index (κ3) is 37.1. The number of carbonyl (C=O) groups excluding carboxylic acids is 1. The Morgan fingerprint density at radius 1 is 0.580 bits per heavy atom. The van der Waals surface area contributed by atoms with Crippen LogP contribution in [0.1, 0.15) is 233 Å². The van der Waals surface area contributed by atoms with Crippen molar-refractivity contribution < 1.29 is 19.7 Å². The summed E-state index contributed by atoms with van der Waals surface area (Å²) >= 11 is 0. The molecular weight excluding hydrogens is 618 g/mol. The first kappa shape index (κ1) is 49.4. The van der Waals surface area contributed by atoms with Gasteiger partial charge in [-0.1, -0.05) is 194 Å². The predicted octanol–water partition coefficient (Wildman–Crippen LogP) is 13.1. The van der Waals surface area contributed by atoms with Crippen molar-refractivity contribution in [1.82, 2.24) is 4.90 Å². The molecule has 5 nitrogen and oxygen atoms in total. The Labute approximate surface area is 313 Å². The van der Waals surface area contributed by atoms with Gasteiger partial charge in [-0.05, 0) is 51.0 Å². The van der Waals surface area contributed by atoms with E-state index >= 15 is 0 Å². The SMILES string of the molecule is CCCCCCCCCOC(=O)CCCCCCCN([CH]CCCCCC[CH]C(CCCCCCCC)CCCCCCCC)CC(O)CO. The van der Waals surface area contributed by atoms with Crippen molar-refractivity contribution in [2.45, 2.75) is 239 Å². The number of aliphatic hydroxyl groups is 2. The molecular formula is C45H89NO4. The standard InChI is InChI=1S/C45H89NO4/c1-4-7-10-13-18-26-33-40-50-45(49)37-30-23-19-25-32-39-46(41-44(48)42-47)38-31-24-17-16-22-29-36-43(34-27-20-14-11-8-5-2)35-28-21-15-12-9-6-3/h36,38,43-44,47-48H,4-35,37,39-42H2,1-3H3. The van der Waals surface area contributed by atoms with Crippen LogP contribution < -0.4 is 0 Å². The van der Waals surface area contributed by atoms with Crippen LogP contribution in [0.2, 0.25) is 0 Å². The number of nitrogens with zero attached hydrogens (tertiary/aromatic N) is 1. The van der Waals surface area contributed by atoms with Crippen LogP contribution in [0, 0.1) is 18.9 Å². The third-order valence-electron chi connectivity index (χ3n) is 10.4. The molecule has 0 aliphatic rings. The molecule has 0 spiro atoms. The van der Waals surface area contributed by atoms with Crippen LogP contribution in [0.5, 0.6) is 0 Å².